The molecule has 0 bridgehead atoms. The minimum atomic E-state index is -0.963. The number of amides is 4. The molecular weight excluding hydrogens is 719 g/mol. The molecule has 9 rings (SSSR count). The summed E-state index contributed by atoms with van der Waals surface area (Å²) in [4.78, 5) is 59.0. The van der Waals surface area contributed by atoms with Crippen molar-refractivity contribution in [3.63, 3.8) is 0 Å². The molecule has 4 aromatic carbocycles. The topological polar surface area (TPSA) is 144 Å². The summed E-state index contributed by atoms with van der Waals surface area (Å²) < 4.78 is 2.30. The monoisotopic (exact) mass is 767 g/mol. The summed E-state index contributed by atoms with van der Waals surface area (Å²) in [7, 11) is 0. The molecule has 5 aromatic rings. The number of aromatic hydroxyl groups is 1. The van der Waals surface area contributed by atoms with Crippen LogP contribution in [0.2, 0.25) is 0 Å². The average Bonchev–Trinajstić information content (AvgIpc) is 3.70. The first-order valence-corrected chi connectivity index (χ1v) is 20.3. The van der Waals surface area contributed by atoms with Crippen molar-refractivity contribution in [2.24, 2.45) is 11.7 Å². The van der Waals surface area contributed by atoms with Gasteiger partial charge < -0.3 is 20.3 Å². The van der Waals surface area contributed by atoms with Gasteiger partial charge in [-0.05, 0) is 116 Å². The number of nitrogens with one attached hydrogen (secondary N) is 1. The van der Waals surface area contributed by atoms with E-state index in [9.17, 15) is 24.3 Å². The van der Waals surface area contributed by atoms with Gasteiger partial charge in [-0.1, -0.05) is 30.3 Å². The van der Waals surface area contributed by atoms with Crippen molar-refractivity contribution in [3.8, 4) is 16.9 Å². The zero-order valence-electron chi connectivity index (χ0n) is 32.2. The number of anilines is 1. The van der Waals surface area contributed by atoms with Crippen LogP contribution in [0.1, 0.15) is 58.4 Å². The van der Waals surface area contributed by atoms with E-state index in [2.05, 4.69) is 61.1 Å². The number of hydrogen-bond donors (Lipinski definition) is 3. The Morgan fingerprint density at radius 3 is 2.32 bits per heavy atom. The Morgan fingerprint density at radius 2 is 1.53 bits per heavy atom. The highest BCUT2D eigenvalue weighted by atomic mass is 16.3. The van der Waals surface area contributed by atoms with Gasteiger partial charge in [0.2, 0.25) is 11.8 Å². The summed E-state index contributed by atoms with van der Waals surface area (Å²) in [6.45, 7) is 9.06. The second-order valence-electron chi connectivity index (χ2n) is 16.1. The van der Waals surface area contributed by atoms with E-state index in [-0.39, 0.29) is 24.5 Å². The van der Waals surface area contributed by atoms with Gasteiger partial charge in [0.15, 0.2) is 0 Å². The Morgan fingerprint density at radius 1 is 0.737 bits per heavy atom. The SMILES string of the molecule is NCCCn1cc(-c2cc(O)cc3ccccc23)c2cc(CN3CCC(CN4CCN(c5ccc6c(c5)C(=O)N(C5CCC(=O)NC5=O)C6=O)CC4)CC3)ccc21. The number of aromatic nitrogens is 1. The molecule has 4 N–H and O–H groups in total. The van der Waals surface area contributed by atoms with Crippen LogP contribution in [0.15, 0.2) is 79.0 Å². The molecule has 0 radical (unpaired) electrons. The number of hydrogen-bond acceptors (Lipinski definition) is 9. The van der Waals surface area contributed by atoms with Gasteiger partial charge in [-0.25, -0.2) is 0 Å². The van der Waals surface area contributed by atoms with Gasteiger partial charge in [-0.3, -0.25) is 39.2 Å². The largest absolute Gasteiger partial charge is 0.508 e. The van der Waals surface area contributed by atoms with Crippen molar-refractivity contribution in [1.29, 1.82) is 0 Å². The average molecular weight is 768 g/mol. The minimum Gasteiger partial charge on any atom is -0.508 e. The molecule has 294 valence electrons. The van der Waals surface area contributed by atoms with Gasteiger partial charge in [0.05, 0.1) is 11.1 Å². The van der Waals surface area contributed by atoms with Gasteiger partial charge in [0.1, 0.15) is 11.8 Å². The van der Waals surface area contributed by atoms with Crippen LogP contribution in [0.3, 0.4) is 0 Å². The number of carbonyl (C=O) groups is 4. The summed E-state index contributed by atoms with van der Waals surface area (Å²) in [6, 6.07) is 23.2. The van der Waals surface area contributed by atoms with Gasteiger partial charge in [-0.2, -0.15) is 0 Å². The molecule has 1 aromatic heterocycles. The third-order valence-corrected chi connectivity index (χ3v) is 12.5. The molecule has 12 heteroatoms. The van der Waals surface area contributed by atoms with Crippen LogP contribution in [0.4, 0.5) is 5.69 Å². The lowest BCUT2D eigenvalue weighted by Crippen LogP contribution is -2.54. The van der Waals surface area contributed by atoms with Crippen LogP contribution in [0, 0.1) is 5.92 Å². The fraction of sp³-hybridized carbons (Fsp3) is 0.378. The predicted molar refractivity (Wildman–Crippen MR) is 220 cm³/mol. The number of phenolic OH excluding ortho intramolecular Hbond substituents is 1. The Balaban J connectivity index is 0.807. The molecule has 57 heavy (non-hydrogen) atoms. The van der Waals surface area contributed by atoms with Crippen molar-refractivity contribution < 1.29 is 24.3 Å². The molecule has 1 unspecified atom stereocenters. The molecule has 4 amide bonds. The Hall–Kier alpha value is -5.56. The maximum absolute atomic E-state index is 13.4. The van der Waals surface area contributed by atoms with Crippen LogP contribution in [0.25, 0.3) is 32.8 Å². The Labute approximate surface area is 331 Å². The standard InChI is InChI=1S/C45H49N7O5/c46-14-3-15-51-28-39(36-25-33(53)23-31-4-1-2-5-34(31)36)37-22-30(6-9-40(37)51)27-48-16-12-29(13-17-48)26-49-18-20-50(21-19-49)32-7-8-35-38(24-32)45(57)52(44(35)56)41-10-11-42(54)47-43(41)55/h1-2,4-9,22-25,28-29,41,53H,3,10-21,26-27,46H2,(H,47,54,55). The summed E-state index contributed by atoms with van der Waals surface area (Å²) in [5, 5.41) is 16.3. The third-order valence-electron chi connectivity index (χ3n) is 12.5. The number of nitrogens with two attached hydrogens (primary N) is 1. The van der Waals surface area contributed by atoms with Crippen LogP contribution in [0.5, 0.6) is 5.75 Å². The van der Waals surface area contributed by atoms with E-state index < -0.39 is 23.8 Å². The lowest BCUT2D eigenvalue weighted by molar-refractivity contribution is -0.136. The number of fused-ring (bicyclic) bond motifs is 3. The molecule has 3 fully saturated rings. The second kappa shape index (κ2) is 15.4. The first-order chi connectivity index (χ1) is 27.7. The number of piperazine rings is 1. The first kappa shape index (κ1) is 37.0. The number of likely N-dealkylation sites (tertiary alicyclic amines) is 1. The Kier molecular flexibility index (Phi) is 10.0. The van der Waals surface area contributed by atoms with E-state index in [1.54, 1.807) is 12.1 Å². The quantitative estimate of drug-likeness (QED) is 0.168. The molecule has 12 nitrogen and oxygen atoms in total. The molecule has 4 aliphatic heterocycles. The number of nitrogens with zero attached hydrogens (tertiary/aromatic N) is 5. The van der Waals surface area contributed by atoms with Crippen LogP contribution < -0.4 is 16.0 Å². The first-order valence-electron chi connectivity index (χ1n) is 20.3. The summed E-state index contributed by atoms with van der Waals surface area (Å²) in [5.74, 6) is -1.02. The highest BCUT2D eigenvalue weighted by Crippen LogP contribution is 2.39. The third kappa shape index (κ3) is 7.17. The predicted octanol–water partition coefficient (Wildman–Crippen LogP) is 4.95. The fourth-order valence-corrected chi connectivity index (χ4v) is 9.42. The van der Waals surface area contributed by atoms with Crippen LogP contribution in [-0.4, -0.2) is 106 Å². The van der Waals surface area contributed by atoms with Gasteiger partial charge in [0.25, 0.3) is 11.8 Å². The van der Waals surface area contributed by atoms with E-state index in [1.807, 2.05) is 30.3 Å². The molecule has 3 saturated heterocycles. The van der Waals surface area contributed by atoms with Crippen LogP contribution in [-0.2, 0) is 22.7 Å². The summed E-state index contributed by atoms with van der Waals surface area (Å²) in [6.07, 6.45) is 5.68. The van der Waals surface area contributed by atoms with E-state index in [4.69, 9.17) is 5.73 Å². The number of phenols is 1. The van der Waals surface area contributed by atoms with Crippen molar-refractivity contribution in [2.75, 3.05) is 57.3 Å². The number of rotatable bonds is 10. The van der Waals surface area contributed by atoms with E-state index in [0.29, 0.717) is 23.6 Å². The molecule has 5 heterocycles. The normalized spacial score (nSPS) is 19.9. The maximum Gasteiger partial charge on any atom is 0.262 e. The van der Waals surface area contributed by atoms with Crippen molar-refractivity contribution in [3.05, 3.63) is 95.7 Å². The molecular formula is C45H49N7O5. The van der Waals surface area contributed by atoms with Crippen molar-refractivity contribution in [1.82, 2.24) is 24.6 Å². The molecule has 0 aliphatic carbocycles. The van der Waals surface area contributed by atoms with Crippen LogP contribution >= 0.6 is 0 Å². The van der Waals surface area contributed by atoms with Gasteiger partial charge in [-0.15, -0.1) is 0 Å². The number of imide groups is 2. The Bertz CT molecular complexity index is 2390. The number of benzene rings is 4. The van der Waals surface area contributed by atoms with Gasteiger partial charge in [0, 0.05) is 80.6 Å². The number of piperidine rings is 2. The van der Waals surface area contributed by atoms with Crippen molar-refractivity contribution >= 4 is 51.0 Å². The molecule has 0 saturated carbocycles. The molecule has 0 spiro atoms. The zero-order valence-corrected chi connectivity index (χ0v) is 32.2. The highest BCUT2D eigenvalue weighted by molar-refractivity contribution is 6.23. The summed E-state index contributed by atoms with van der Waals surface area (Å²) >= 11 is 0. The summed E-state index contributed by atoms with van der Waals surface area (Å²) in [5.41, 5.74) is 12.1. The smallest absolute Gasteiger partial charge is 0.262 e. The number of aryl methyl sites for hydroxylation is 1. The minimum absolute atomic E-state index is 0.101. The molecule has 4 aliphatic rings. The fourth-order valence-electron chi connectivity index (χ4n) is 9.42. The second-order valence-corrected chi connectivity index (χ2v) is 16.1. The lowest BCUT2D eigenvalue weighted by Gasteiger charge is -2.39. The van der Waals surface area contributed by atoms with Crippen molar-refractivity contribution in [2.45, 2.75) is 51.2 Å². The highest BCUT2D eigenvalue weighted by Gasteiger charge is 2.45. The maximum atomic E-state index is 13.4. The molecule has 1 atom stereocenters. The zero-order chi connectivity index (χ0) is 39.2. The number of carbonyl (C=O) groups excluding carboxylic acids is 4. The van der Waals surface area contributed by atoms with E-state index in [1.165, 1.54) is 16.5 Å². The van der Waals surface area contributed by atoms with E-state index in [0.717, 1.165) is 111 Å². The van der Waals surface area contributed by atoms with E-state index >= 15 is 0 Å². The lowest BCUT2D eigenvalue weighted by atomic mass is 9.95. The van der Waals surface area contributed by atoms with Gasteiger partial charge >= 0.3 is 0 Å².